The standard InChI is InChI=1S/C14H20N2O3S/c1-9(8-20-3)7-15-14(19)16-11-6-4-5-10(2)12(11)13(17)18/h4-6,9H,7-8H2,1-3H3,(H,17,18)(H2,15,16,19). The zero-order chi connectivity index (χ0) is 15.1. The number of carbonyl (C=O) groups is 2. The number of aromatic carboxylic acids is 1. The van der Waals surface area contributed by atoms with Crippen LogP contribution >= 0.6 is 11.8 Å². The van der Waals surface area contributed by atoms with Gasteiger partial charge in [-0.25, -0.2) is 9.59 Å². The number of carboxylic acids is 1. The van der Waals surface area contributed by atoms with Crippen molar-refractivity contribution in [2.75, 3.05) is 23.9 Å². The molecule has 5 nitrogen and oxygen atoms in total. The third-order valence-electron chi connectivity index (χ3n) is 2.80. The van der Waals surface area contributed by atoms with Crippen LogP contribution in [0, 0.1) is 12.8 Å². The molecule has 0 saturated heterocycles. The molecule has 0 fully saturated rings. The van der Waals surface area contributed by atoms with Gasteiger partial charge in [-0.2, -0.15) is 11.8 Å². The highest BCUT2D eigenvalue weighted by Crippen LogP contribution is 2.19. The molecule has 0 saturated carbocycles. The molecule has 3 N–H and O–H groups in total. The minimum atomic E-state index is -1.05. The summed E-state index contributed by atoms with van der Waals surface area (Å²) in [6.07, 6.45) is 2.02. The van der Waals surface area contributed by atoms with Crippen LogP contribution < -0.4 is 10.6 Å². The first-order valence-electron chi connectivity index (χ1n) is 6.32. The third-order valence-corrected chi connectivity index (χ3v) is 3.70. The average molecular weight is 296 g/mol. The van der Waals surface area contributed by atoms with Crippen molar-refractivity contribution in [3.63, 3.8) is 0 Å². The number of rotatable bonds is 6. The van der Waals surface area contributed by atoms with Crippen molar-refractivity contribution in [2.45, 2.75) is 13.8 Å². The number of thioether (sulfide) groups is 1. The van der Waals surface area contributed by atoms with Crippen molar-refractivity contribution in [2.24, 2.45) is 5.92 Å². The monoisotopic (exact) mass is 296 g/mol. The maximum absolute atomic E-state index is 11.8. The molecule has 1 rings (SSSR count). The number of carboxylic acid groups (broad SMARTS) is 1. The topological polar surface area (TPSA) is 78.4 Å². The Bertz CT molecular complexity index is 491. The molecule has 0 radical (unpaired) electrons. The Kier molecular flexibility index (Phi) is 6.38. The molecule has 2 amide bonds. The number of hydrogen-bond donors (Lipinski definition) is 3. The van der Waals surface area contributed by atoms with E-state index in [1.807, 2.05) is 13.2 Å². The molecule has 1 aromatic rings. The number of amides is 2. The third kappa shape index (κ3) is 4.77. The predicted molar refractivity (Wildman–Crippen MR) is 82.7 cm³/mol. The van der Waals surface area contributed by atoms with Crippen LogP contribution in [0.15, 0.2) is 18.2 Å². The highest BCUT2D eigenvalue weighted by atomic mass is 32.2. The Hall–Kier alpha value is -1.69. The Morgan fingerprint density at radius 3 is 2.70 bits per heavy atom. The van der Waals surface area contributed by atoms with Crippen LogP contribution in [-0.4, -0.2) is 35.7 Å². The lowest BCUT2D eigenvalue weighted by atomic mass is 10.1. The van der Waals surface area contributed by atoms with Crippen molar-refractivity contribution in [3.05, 3.63) is 29.3 Å². The second kappa shape index (κ2) is 7.79. The van der Waals surface area contributed by atoms with E-state index in [4.69, 9.17) is 0 Å². The number of nitrogens with one attached hydrogen (secondary N) is 2. The molecule has 0 aliphatic carbocycles. The first kappa shape index (κ1) is 16.4. The van der Waals surface area contributed by atoms with Crippen molar-refractivity contribution < 1.29 is 14.7 Å². The molecule has 0 bridgehead atoms. The van der Waals surface area contributed by atoms with Crippen molar-refractivity contribution >= 4 is 29.4 Å². The summed E-state index contributed by atoms with van der Waals surface area (Å²) in [6, 6.07) is 4.62. The maximum Gasteiger partial charge on any atom is 0.338 e. The van der Waals surface area contributed by atoms with Gasteiger partial charge in [0.1, 0.15) is 0 Å². The molecule has 0 aromatic heterocycles. The largest absolute Gasteiger partial charge is 0.478 e. The quantitative estimate of drug-likeness (QED) is 0.754. The van der Waals surface area contributed by atoms with Gasteiger partial charge in [0, 0.05) is 6.54 Å². The zero-order valence-electron chi connectivity index (χ0n) is 11.9. The fourth-order valence-electron chi connectivity index (χ4n) is 1.83. The molecule has 6 heteroatoms. The molecular weight excluding hydrogens is 276 g/mol. The van der Waals surface area contributed by atoms with Gasteiger partial charge in [-0.15, -0.1) is 0 Å². The summed E-state index contributed by atoms with van der Waals surface area (Å²) in [5.41, 5.74) is 1.05. The van der Waals surface area contributed by atoms with Gasteiger partial charge in [0.05, 0.1) is 11.3 Å². The molecular formula is C14H20N2O3S. The Morgan fingerprint density at radius 2 is 2.10 bits per heavy atom. The van der Waals surface area contributed by atoms with E-state index >= 15 is 0 Å². The van der Waals surface area contributed by atoms with Crippen LogP contribution in [-0.2, 0) is 0 Å². The average Bonchev–Trinajstić information content (AvgIpc) is 2.36. The van der Waals surface area contributed by atoms with E-state index in [0.717, 1.165) is 5.75 Å². The number of benzene rings is 1. The van der Waals surface area contributed by atoms with E-state index in [0.29, 0.717) is 23.7 Å². The summed E-state index contributed by atoms with van der Waals surface area (Å²) in [5.74, 6) is 0.284. The Balaban J connectivity index is 2.67. The first-order chi connectivity index (χ1) is 9.45. The van der Waals surface area contributed by atoms with Gasteiger partial charge in [-0.05, 0) is 36.5 Å². The maximum atomic E-state index is 11.8. The summed E-state index contributed by atoms with van der Waals surface area (Å²) >= 11 is 1.72. The lowest BCUT2D eigenvalue weighted by Gasteiger charge is -2.14. The summed E-state index contributed by atoms with van der Waals surface area (Å²) in [4.78, 5) is 23.0. The predicted octanol–water partition coefficient (Wildman–Crippen LogP) is 2.81. The SMILES string of the molecule is CSCC(C)CNC(=O)Nc1cccc(C)c1C(=O)O. The van der Waals surface area contributed by atoms with Gasteiger partial charge in [-0.3, -0.25) is 0 Å². The summed E-state index contributed by atoms with van der Waals surface area (Å²) in [5, 5.41) is 14.5. The summed E-state index contributed by atoms with van der Waals surface area (Å²) < 4.78 is 0. The van der Waals surface area contributed by atoms with Crippen LogP contribution in [0.2, 0.25) is 0 Å². The number of urea groups is 1. The van der Waals surface area contributed by atoms with Gasteiger partial charge in [-0.1, -0.05) is 19.1 Å². The summed E-state index contributed by atoms with van der Waals surface area (Å²) in [6.45, 7) is 4.31. The normalized spacial score (nSPS) is 11.8. The number of anilines is 1. The lowest BCUT2D eigenvalue weighted by Crippen LogP contribution is -2.33. The van der Waals surface area contributed by atoms with Gasteiger partial charge >= 0.3 is 12.0 Å². The molecule has 20 heavy (non-hydrogen) atoms. The second-order valence-electron chi connectivity index (χ2n) is 4.70. The molecule has 1 unspecified atom stereocenters. The Labute approximate surface area is 123 Å². The second-order valence-corrected chi connectivity index (χ2v) is 5.61. The minimum Gasteiger partial charge on any atom is -0.478 e. The van der Waals surface area contributed by atoms with Gasteiger partial charge in [0.25, 0.3) is 0 Å². The van der Waals surface area contributed by atoms with E-state index in [-0.39, 0.29) is 11.6 Å². The van der Waals surface area contributed by atoms with Gasteiger partial charge < -0.3 is 15.7 Å². The van der Waals surface area contributed by atoms with E-state index in [2.05, 4.69) is 10.6 Å². The van der Waals surface area contributed by atoms with Crippen LogP contribution in [0.4, 0.5) is 10.5 Å². The van der Waals surface area contributed by atoms with E-state index in [1.54, 1.807) is 36.9 Å². The first-order valence-corrected chi connectivity index (χ1v) is 7.71. The number of aryl methyl sites for hydroxylation is 1. The molecule has 0 spiro atoms. The number of carbonyl (C=O) groups excluding carboxylic acids is 1. The van der Waals surface area contributed by atoms with Gasteiger partial charge in [0.15, 0.2) is 0 Å². The van der Waals surface area contributed by atoms with Crippen LogP contribution in [0.5, 0.6) is 0 Å². The minimum absolute atomic E-state index is 0.125. The van der Waals surface area contributed by atoms with E-state index < -0.39 is 5.97 Å². The molecule has 1 aromatic carbocycles. The van der Waals surface area contributed by atoms with E-state index in [9.17, 15) is 14.7 Å². The summed E-state index contributed by atoms with van der Waals surface area (Å²) in [7, 11) is 0. The van der Waals surface area contributed by atoms with Crippen molar-refractivity contribution in [3.8, 4) is 0 Å². The lowest BCUT2D eigenvalue weighted by molar-refractivity contribution is 0.0697. The molecule has 1 atom stereocenters. The van der Waals surface area contributed by atoms with Crippen molar-refractivity contribution in [1.29, 1.82) is 0 Å². The molecule has 110 valence electrons. The van der Waals surface area contributed by atoms with Crippen LogP contribution in [0.1, 0.15) is 22.8 Å². The van der Waals surface area contributed by atoms with E-state index in [1.165, 1.54) is 0 Å². The van der Waals surface area contributed by atoms with Crippen LogP contribution in [0.25, 0.3) is 0 Å². The molecule has 0 aliphatic heterocycles. The Morgan fingerprint density at radius 1 is 1.40 bits per heavy atom. The fraction of sp³-hybridized carbons (Fsp3) is 0.429. The smallest absolute Gasteiger partial charge is 0.338 e. The number of hydrogen-bond acceptors (Lipinski definition) is 3. The highest BCUT2D eigenvalue weighted by Gasteiger charge is 2.14. The van der Waals surface area contributed by atoms with Crippen molar-refractivity contribution in [1.82, 2.24) is 5.32 Å². The molecule has 0 aliphatic rings. The molecule has 0 heterocycles. The van der Waals surface area contributed by atoms with Crippen LogP contribution in [0.3, 0.4) is 0 Å². The highest BCUT2D eigenvalue weighted by molar-refractivity contribution is 7.98. The van der Waals surface area contributed by atoms with Gasteiger partial charge in [0.2, 0.25) is 0 Å². The fourth-order valence-corrected chi connectivity index (χ4v) is 2.52. The zero-order valence-corrected chi connectivity index (χ0v) is 12.7.